The van der Waals surface area contributed by atoms with Crippen molar-refractivity contribution in [3.8, 4) is 0 Å². The van der Waals surface area contributed by atoms with E-state index >= 15 is 0 Å². The van der Waals surface area contributed by atoms with E-state index in [0.29, 0.717) is 32.3 Å². The lowest BCUT2D eigenvalue weighted by molar-refractivity contribution is 0.226. The molecule has 0 amide bonds. The first-order valence-corrected chi connectivity index (χ1v) is 9.16. The summed E-state index contributed by atoms with van der Waals surface area (Å²) in [5.74, 6) is 0.448. The summed E-state index contributed by atoms with van der Waals surface area (Å²) >= 11 is 0. The molecule has 0 bridgehead atoms. The van der Waals surface area contributed by atoms with Gasteiger partial charge in [-0.2, -0.15) is 0 Å². The van der Waals surface area contributed by atoms with Gasteiger partial charge in [0.05, 0.1) is 0 Å². The van der Waals surface area contributed by atoms with Crippen LogP contribution in [0.25, 0.3) is 0 Å². The fourth-order valence-corrected chi connectivity index (χ4v) is 2.16. The van der Waals surface area contributed by atoms with Crippen molar-refractivity contribution in [3.05, 3.63) is 0 Å². The van der Waals surface area contributed by atoms with Crippen LogP contribution in [0.1, 0.15) is 84.0 Å². The molecule has 0 heterocycles. The Kier molecular flexibility index (Phi) is 25.3. The van der Waals surface area contributed by atoms with Crippen LogP contribution in [0.2, 0.25) is 0 Å². The number of aliphatic hydroxyl groups is 4. The van der Waals surface area contributed by atoms with Gasteiger partial charge in [-0.15, -0.1) is 0 Å². The molecular weight excluding hydrogens is 280 g/mol. The summed E-state index contributed by atoms with van der Waals surface area (Å²) in [6, 6.07) is 0. The summed E-state index contributed by atoms with van der Waals surface area (Å²) in [5, 5.41) is 34.1. The maximum Gasteiger partial charge on any atom is 0.0456 e. The van der Waals surface area contributed by atoms with E-state index in [9.17, 15) is 0 Å². The van der Waals surface area contributed by atoms with Gasteiger partial charge in [-0.1, -0.05) is 58.3 Å². The molecular formula is C18H40O4. The zero-order valence-electron chi connectivity index (χ0n) is 14.7. The molecule has 4 heteroatoms. The van der Waals surface area contributed by atoms with Crippen molar-refractivity contribution in [2.24, 2.45) is 5.92 Å². The van der Waals surface area contributed by atoms with Crippen molar-refractivity contribution in [3.63, 3.8) is 0 Å². The predicted octanol–water partition coefficient (Wildman–Crippen LogP) is 3.26. The van der Waals surface area contributed by atoms with Gasteiger partial charge in [0.25, 0.3) is 0 Å². The molecule has 4 N–H and O–H groups in total. The fourth-order valence-electron chi connectivity index (χ4n) is 2.16. The molecule has 22 heavy (non-hydrogen) atoms. The van der Waals surface area contributed by atoms with E-state index in [0.717, 1.165) is 44.9 Å². The lowest BCUT2D eigenvalue weighted by Crippen LogP contribution is -1.99. The molecule has 0 rings (SSSR count). The minimum Gasteiger partial charge on any atom is -0.396 e. The van der Waals surface area contributed by atoms with Crippen LogP contribution in [0.15, 0.2) is 0 Å². The molecule has 1 unspecified atom stereocenters. The molecule has 136 valence electrons. The Labute approximate surface area is 137 Å². The van der Waals surface area contributed by atoms with Gasteiger partial charge in [-0.25, -0.2) is 0 Å². The third kappa shape index (κ3) is 24.8. The van der Waals surface area contributed by atoms with E-state index in [1.165, 1.54) is 32.1 Å². The number of unbranched alkanes of at least 4 members (excludes halogenated alkanes) is 9. The van der Waals surface area contributed by atoms with Crippen molar-refractivity contribution in [2.45, 2.75) is 84.0 Å². The largest absolute Gasteiger partial charge is 0.396 e. The minimum atomic E-state index is 0.306. The fraction of sp³-hybridized carbons (Fsp3) is 1.00. The van der Waals surface area contributed by atoms with Crippen LogP contribution < -0.4 is 0 Å². The molecule has 0 fully saturated rings. The summed E-state index contributed by atoms with van der Waals surface area (Å²) in [6.45, 7) is 3.34. The van der Waals surface area contributed by atoms with Gasteiger partial charge in [0, 0.05) is 26.4 Å². The summed E-state index contributed by atoms with van der Waals surface area (Å²) in [5.41, 5.74) is 0. The molecule has 0 radical (unpaired) electrons. The second kappa shape index (κ2) is 23.1. The lowest BCUT2D eigenvalue weighted by Gasteiger charge is -2.05. The molecule has 0 aliphatic heterocycles. The summed E-state index contributed by atoms with van der Waals surface area (Å²) < 4.78 is 0. The second-order valence-corrected chi connectivity index (χ2v) is 6.14. The lowest BCUT2D eigenvalue weighted by atomic mass is 10.0. The highest BCUT2D eigenvalue weighted by Crippen LogP contribution is 2.09. The van der Waals surface area contributed by atoms with Gasteiger partial charge in [-0.3, -0.25) is 0 Å². The van der Waals surface area contributed by atoms with Gasteiger partial charge in [-0.05, 0) is 31.6 Å². The zero-order chi connectivity index (χ0) is 16.9. The Morgan fingerprint density at radius 1 is 0.500 bits per heavy atom. The van der Waals surface area contributed by atoms with E-state index in [1.54, 1.807) is 0 Å². The van der Waals surface area contributed by atoms with Gasteiger partial charge >= 0.3 is 0 Å². The minimum absolute atomic E-state index is 0.306. The van der Waals surface area contributed by atoms with Gasteiger partial charge < -0.3 is 20.4 Å². The normalized spacial score (nSPS) is 11.9. The van der Waals surface area contributed by atoms with E-state index in [1.807, 2.05) is 0 Å². The van der Waals surface area contributed by atoms with Crippen molar-refractivity contribution >= 4 is 0 Å². The highest BCUT2D eigenvalue weighted by atomic mass is 16.3. The van der Waals surface area contributed by atoms with Crippen molar-refractivity contribution in [1.29, 1.82) is 0 Å². The van der Waals surface area contributed by atoms with Crippen LogP contribution >= 0.6 is 0 Å². The number of aliphatic hydroxyl groups excluding tert-OH is 4. The molecule has 0 saturated heterocycles. The Bertz CT molecular complexity index is 168. The Morgan fingerprint density at radius 3 is 1.14 bits per heavy atom. The van der Waals surface area contributed by atoms with Gasteiger partial charge in [0.1, 0.15) is 0 Å². The molecule has 0 aromatic heterocycles. The molecule has 0 aromatic rings. The molecule has 0 aliphatic rings. The van der Waals surface area contributed by atoms with Crippen LogP contribution in [0.3, 0.4) is 0 Å². The number of hydrogen-bond donors (Lipinski definition) is 4. The number of hydrogen-bond acceptors (Lipinski definition) is 4. The monoisotopic (exact) mass is 320 g/mol. The van der Waals surface area contributed by atoms with E-state index < -0.39 is 0 Å². The summed E-state index contributed by atoms with van der Waals surface area (Å²) in [6.07, 6.45) is 13.4. The highest BCUT2D eigenvalue weighted by molar-refractivity contribution is 4.51. The maximum atomic E-state index is 8.70. The van der Waals surface area contributed by atoms with Crippen LogP contribution in [-0.2, 0) is 0 Å². The Balaban J connectivity index is 0. The quantitative estimate of drug-likeness (QED) is 0.349. The van der Waals surface area contributed by atoms with Crippen LogP contribution in [0.4, 0.5) is 0 Å². The maximum absolute atomic E-state index is 8.70. The van der Waals surface area contributed by atoms with Gasteiger partial charge in [0.15, 0.2) is 0 Å². The molecule has 0 aromatic carbocycles. The summed E-state index contributed by atoms with van der Waals surface area (Å²) in [7, 11) is 0. The predicted molar refractivity (Wildman–Crippen MR) is 92.9 cm³/mol. The molecule has 0 saturated carbocycles. The van der Waals surface area contributed by atoms with Crippen LogP contribution in [0, 0.1) is 5.92 Å². The first kappa shape index (κ1) is 24.1. The SMILES string of the molecule is CC(CO)CCCCCCO.OCCCCCCCCCO. The highest BCUT2D eigenvalue weighted by Gasteiger charge is 1.98. The molecule has 0 spiro atoms. The zero-order valence-corrected chi connectivity index (χ0v) is 14.7. The van der Waals surface area contributed by atoms with Crippen LogP contribution in [0.5, 0.6) is 0 Å². The Hall–Kier alpha value is -0.160. The average molecular weight is 321 g/mol. The third-order valence-corrected chi connectivity index (χ3v) is 3.73. The Morgan fingerprint density at radius 2 is 0.818 bits per heavy atom. The van der Waals surface area contributed by atoms with Crippen molar-refractivity contribution in [2.75, 3.05) is 26.4 Å². The van der Waals surface area contributed by atoms with E-state index in [2.05, 4.69) is 6.92 Å². The molecule has 0 aliphatic carbocycles. The second-order valence-electron chi connectivity index (χ2n) is 6.14. The van der Waals surface area contributed by atoms with Crippen molar-refractivity contribution in [1.82, 2.24) is 0 Å². The molecule has 4 nitrogen and oxygen atoms in total. The molecule has 1 atom stereocenters. The van der Waals surface area contributed by atoms with E-state index in [4.69, 9.17) is 20.4 Å². The third-order valence-electron chi connectivity index (χ3n) is 3.73. The first-order chi connectivity index (χ1) is 10.7. The van der Waals surface area contributed by atoms with Gasteiger partial charge in [0.2, 0.25) is 0 Å². The summed E-state index contributed by atoms with van der Waals surface area (Å²) in [4.78, 5) is 0. The van der Waals surface area contributed by atoms with E-state index in [-0.39, 0.29) is 0 Å². The standard InChI is InChI=1S/2C9H20O2/c1-9(8-11)6-4-2-3-5-7-10;10-8-6-4-2-1-3-5-7-9-11/h9-11H,2-8H2,1H3;10-11H,1-9H2. The first-order valence-electron chi connectivity index (χ1n) is 9.16. The average Bonchev–Trinajstić information content (AvgIpc) is 2.54. The topological polar surface area (TPSA) is 80.9 Å². The van der Waals surface area contributed by atoms with Crippen molar-refractivity contribution < 1.29 is 20.4 Å². The number of rotatable bonds is 15. The van der Waals surface area contributed by atoms with Crippen LogP contribution in [-0.4, -0.2) is 46.9 Å². The smallest absolute Gasteiger partial charge is 0.0456 e.